The summed E-state index contributed by atoms with van der Waals surface area (Å²) in [5.41, 5.74) is 1.16. The lowest BCUT2D eigenvalue weighted by Gasteiger charge is -2.20. The molecule has 106 valence electrons. The van der Waals surface area contributed by atoms with Crippen molar-refractivity contribution in [1.29, 1.82) is 0 Å². The number of rotatable bonds is 8. The van der Waals surface area contributed by atoms with Gasteiger partial charge in [-0.2, -0.15) is 0 Å². The van der Waals surface area contributed by atoms with E-state index in [0.717, 1.165) is 29.8 Å². The van der Waals surface area contributed by atoms with Gasteiger partial charge in [-0.1, -0.05) is 43.5 Å². The Hall–Kier alpha value is -1.06. The second-order valence-electron chi connectivity index (χ2n) is 4.93. The fraction of sp³-hybridized carbons (Fsp3) is 0.533. The lowest BCUT2D eigenvalue weighted by Crippen LogP contribution is -2.42. The molecule has 1 aromatic carbocycles. The average Bonchev–Trinajstić information content (AvgIpc) is 2.37. The van der Waals surface area contributed by atoms with E-state index in [9.17, 15) is 9.90 Å². The summed E-state index contributed by atoms with van der Waals surface area (Å²) >= 11 is 5.84. The Morgan fingerprint density at radius 3 is 2.53 bits per heavy atom. The van der Waals surface area contributed by atoms with Crippen LogP contribution in [0.15, 0.2) is 24.3 Å². The molecule has 0 spiro atoms. The molecule has 19 heavy (non-hydrogen) atoms. The highest BCUT2D eigenvalue weighted by atomic mass is 35.5. The van der Waals surface area contributed by atoms with E-state index < -0.39 is 12.0 Å². The molecule has 1 aromatic rings. The molecule has 0 aliphatic carbocycles. The predicted octanol–water partition coefficient (Wildman–Crippen LogP) is 3.50. The van der Waals surface area contributed by atoms with Gasteiger partial charge in [0, 0.05) is 11.1 Å². The topological polar surface area (TPSA) is 49.3 Å². The Bertz CT molecular complexity index is 392. The Kier molecular flexibility index (Phi) is 6.89. The highest BCUT2D eigenvalue weighted by Crippen LogP contribution is 2.11. The van der Waals surface area contributed by atoms with Crippen molar-refractivity contribution in [2.45, 2.75) is 51.6 Å². The summed E-state index contributed by atoms with van der Waals surface area (Å²) in [6, 6.07) is 7.33. The SMILES string of the molecule is CCCCC(NC(C)Cc1ccc(Cl)cc1)C(=O)O. The van der Waals surface area contributed by atoms with Gasteiger partial charge in [0.25, 0.3) is 0 Å². The first-order chi connectivity index (χ1) is 9.02. The van der Waals surface area contributed by atoms with Crippen molar-refractivity contribution in [1.82, 2.24) is 5.32 Å². The van der Waals surface area contributed by atoms with Gasteiger partial charge in [0.05, 0.1) is 0 Å². The van der Waals surface area contributed by atoms with E-state index in [1.54, 1.807) is 0 Å². The van der Waals surface area contributed by atoms with E-state index in [4.69, 9.17) is 11.6 Å². The molecule has 0 amide bonds. The number of benzene rings is 1. The van der Waals surface area contributed by atoms with Crippen LogP contribution in [-0.2, 0) is 11.2 Å². The Morgan fingerprint density at radius 1 is 1.37 bits per heavy atom. The molecule has 0 fully saturated rings. The number of hydrogen-bond acceptors (Lipinski definition) is 2. The van der Waals surface area contributed by atoms with Crippen molar-refractivity contribution in [3.63, 3.8) is 0 Å². The van der Waals surface area contributed by atoms with Gasteiger partial charge >= 0.3 is 5.97 Å². The van der Waals surface area contributed by atoms with Crippen LogP contribution in [-0.4, -0.2) is 23.2 Å². The van der Waals surface area contributed by atoms with Crippen molar-refractivity contribution < 1.29 is 9.90 Å². The maximum Gasteiger partial charge on any atom is 0.320 e. The van der Waals surface area contributed by atoms with Gasteiger partial charge in [-0.3, -0.25) is 4.79 Å². The average molecular weight is 284 g/mol. The molecular formula is C15H22ClNO2. The van der Waals surface area contributed by atoms with Crippen LogP contribution < -0.4 is 5.32 Å². The first kappa shape index (κ1) is 16.0. The van der Waals surface area contributed by atoms with Crippen LogP contribution in [0.3, 0.4) is 0 Å². The molecule has 0 saturated heterocycles. The molecule has 1 rings (SSSR count). The zero-order valence-corrected chi connectivity index (χ0v) is 12.3. The van der Waals surface area contributed by atoms with Crippen molar-refractivity contribution in [3.8, 4) is 0 Å². The molecule has 0 aliphatic heterocycles. The molecule has 0 aliphatic rings. The van der Waals surface area contributed by atoms with Crippen LogP contribution in [0.25, 0.3) is 0 Å². The molecule has 4 heteroatoms. The summed E-state index contributed by atoms with van der Waals surface area (Å²) < 4.78 is 0. The highest BCUT2D eigenvalue weighted by Gasteiger charge is 2.18. The van der Waals surface area contributed by atoms with Crippen molar-refractivity contribution >= 4 is 17.6 Å². The largest absolute Gasteiger partial charge is 0.480 e. The molecule has 0 aromatic heterocycles. The Morgan fingerprint density at radius 2 is 2.00 bits per heavy atom. The number of unbranched alkanes of at least 4 members (excludes halogenated alkanes) is 1. The minimum atomic E-state index is -0.767. The third-order valence-corrected chi connectivity index (χ3v) is 3.34. The monoisotopic (exact) mass is 283 g/mol. The number of hydrogen-bond donors (Lipinski definition) is 2. The fourth-order valence-electron chi connectivity index (χ4n) is 2.06. The number of nitrogens with one attached hydrogen (secondary N) is 1. The quantitative estimate of drug-likeness (QED) is 0.768. The zero-order chi connectivity index (χ0) is 14.3. The second kappa shape index (κ2) is 8.18. The van der Waals surface area contributed by atoms with E-state index in [-0.39, 0.29) is 6.04 Å². The highest BCUT2D eigenvalue weighted by molar-refractivity contribution is 6.30. The lowest BCUT2D eigenvalue weighted by atomic mass is 10.0. The van der Waals surface area contributed by atoms with Gasteiger partial charge < -0.3 is 10.4 Å². The van der Waals surface area contributed by atoms with Crippen molar-refractivity contribution in [3.05, 3.63) is 34.9 Å². The van der Waals surface area contributed by atoms with E-state index >= 15 is 0 Å². The minimum Gasteiger partial charge on any atom is -0.480 e. The molecule has 3 nitrogen and oxygen atoms in total. The number of carbonyl (C=O) groups is 1. The first-order valence-corrected chi connectivity index (χ1v) is 7.14. The van der Waals surface area contributed by atoms with E-state index in [2.05, 4.69) is 12.2 Å². The summed E-state index contributed by atoms with van der Waals surface area (Å²) in [5.74, 6) is -0.767. The summed E-state index contributed by atoms with van der Waals surface area (Å²) in [6.45, 7) is 4.08. The number of aliphatic carboxylic acids is 1. The normalized spacial score (nSPS) is 14.1. The van der Waals surface area contributed by atoms with Crippen molar-refractivity contribution in [2.75, 3.05) is 0 Å². The molecule has 0 radical (unpaired) electrons. The maximum absolute atomic E-state index is 11.2. The molecular weight excluding hydrogens is 262 g/mol. The van der Waals surface area contributed by atoms with Gasteiger partial charge in [-0.25, -0.2) is 0 Å². The third kappa shape index (κ3) is 6.08. The molecule has 0 heterocycles. The molecule has 2 atom stereocenters. The molecule has 2 unspecified atom stereocenters. The van der Waals surface area contributed by atoms with Gasteiger partial charge in [0.2, 0.25) is 0 Å². The van der Waals surface area contributed by atoms with E-state index in [1.807, 2.05) is 31.2 Å². The summed E-state index contributed by atoms with van der Waals surface area (Å²) in [7, 11) is 0. The van der Waals surface area contributed by atoms with Crippen LogP contribution in [0.1, 0.15) is 38.7 Å². The van der Waals surface area contributed by atoms with Crippen LogP contribution in [0, 0.1) is 0 Å². The van der Waals surface area contributed by atoms with Gasteiger partial charge in [-0.05, 0) is 37.5 Å². The number of carboxylic acids is 1. The van der Waals surface area contributed by atoms with Crippen LogP contribution in [0.2, 0.25) is 5.02 Å². The Labute approximate surface area is 120 Å². The Balaban J connectivity index is 2.49. The van der Waals surface area contributed by atoms with Gasteiger partial charge in [0.15, 0.2) is 0 Å². The summed E-state index contributed by atoms with van der Waals surface area (Å²) in [5, 5.41) is 13.1. The van der Waals surface area contributed by atoms with Crippen LogP contribution in [0.4, 0.5) is 0 Å². The zero-order valence-electron chi connectivity index (χ0n) is 11.5. The number of carboxylic acid groups (broad SMARTS) is 1. The van der Waals surface area contributed by atoms with Crippen LogP contribution >= 0.6 is 11.6 Å². The molecule has 0 bridgehead atoms. The standard InChI is InChI=1S/C15H22ClNO2/c1-3-4-5-14(15(18)19)17-11(2)10-12-6-8-13(16)9-7-12/h6-9,11,14,17H,3-5,10H2,1-2H3,(H,18,19). The van der Waals surface area contributed by atoms with Gasteiger partial charge in [-0.15, -0.1) is 0 Å². The maximum atomic E-state index is 11.2. The lowest BCUT2D eigenvalue weighted by molar-refractivity contribution is -0.139. The first-order valence-electron chi connectivity index (χ1n) is 6.76. The molecule has 2 N–H and O–H groups in total. The fourth-order valence-corrected chi connectivity index (χ4v) is 2.19. The van der Waals surface area contributed by atoms with Gasteiger partial charge in [0.1, 0.15) is 6.04 Å². The van der Waals surface area contributed by atoms with Crippen LogP contribution in [0.5, 0.6) is 0 Å². The second-order valence-corrected chi connectivity index (χ2v) is 5.37. The minimum absolute atomic E-state index is 0.124. The number of halogens is 1. The third-order valence-electron chi connectivity index (χ3n) is 3.09. The molecule has 0 saturated carbocycles. The smallest absolute Gasteiger partial charge is 0.320 e. The van der Waals surface area contributed by atoms with E-state index in [0.29, 0.717) is 6.42 Å². The van der Waals surface area contributed by atoms with Crippen molar-refractivity contribution in [2.24, 2.45) is 0 Å². The van der Waals surface area contributed by atoms with E-state index in [1.165, 1.54) is 0 Å². The summed E-state index contributed by atoms with van der Waals surface area (Å²) in [6.07, 6.45) is 3.42. The predicted molar refractivity (Wildman–Crippen MR) is 78.7 cm³/mol. The summed E-state index contributed by atoms with van der Waals surface area (Å²) in [4.78, 5) is 11.2.